The van der Waals surface area contributed by atoms with Crippen LogP contribution in [0.25, 0.3) is 0 Å². The van der Waals surface area contributed by atoms with Gasteiger partial charge in [0.1, 0.15) is 0 Å². The van der Waals surface area contributed by atoms with Gasteiger partial charge in [-0.25, -0.2) is 4.98 Å². The van der Waals surface area contributed by atoms with Crippen LogP contribution in [0.4, 0.5) is 0 Å². The summed E-state index contributed by atoms with van der Waals surface area (Å²) >= 11 is 1.73. The van der Waals surface area contributed by atoms with Crippen LogP contribution >= 0.6 is 11.3 Å². The molecule has 0 amide bonds. The van der Waals surface area contributed by atoms with Crippen LogP contribution < -0.4 is 5.32 Å². The molecule has 1 aromatic heterocycles. The smallest absolute Gasteiger partial charge is 0.0937 e. The number of hydrogen-bond donors (Lipinski definition) is 1. The van der Waals surface area contributed by atoms with Crippen LogP contribution in [0.1, 0.15) is 18.4 Å². The van der Waals surface area contributed by atoms with E-state index in [1.54, 1.807) is 11.3 Å². The summed E-state index contributed by atoms with van der Waals surface area (Å²) in [4.78, 5) is 4.26. The Morgan fingerprint density at radius 2 is 2.67 bits per heavy atom. The second kappa shape index (κ2) is 5.58. The van der Waals surface area contributed by atoms with Crippen LogP contribution in [0.5, 0.6) is 0 Å². The number of rotatable bonds is 5. The van der Waals surface area contributed by atoms with E-state index in [1.807, 2.05) is 11.6 Å². The number of aromatic nitrogens is 1. The minimum absolute atomic E-state index is 0.562. The molecule has 0 spiro atoms. The standard InChI is InChI=1S/C11H18N2OS/c1-9(10-3-6-14-8-10)12-4-2-11-13-5-7-15-11/h5,7,9-10,12H,2-4,6,8H2,1H3. The normalized spacial score (nSPS) is 23.1. The molecule has 1 N–H and O–H groups in total. The van der Waals surface area contributed by atoms with E-state index in [-0.39, 0.29) is 0 Å². The maximum absolute atomic E-state index is 5.38. The predicted octanol–water partition coefficient (Wildman–Crippen LogP) is 1.70. The molecular weight excluding hydrogens is 208 g/mol. The lowest BCUT2D eigenvalue weighted by atomic mass is 10.0. The molecule has 0 aromatic carbocycles. The van der Waals surface area contributed by atoms with E-state index in [9.17, 15) is 0 Å². The summed E-state index contributed by atoms with van der Waals surface area (Å²) in [7, 11) is 0. The van der Waals surface area contributed by atoms with Crippen molar-refractivity contribution in [2.45, 2.75) is 25.8 Å². The molecule has 1 fully saturated rings. The van der Waals surface area contributed by atoms with E-state index >= 15 is 0 Å². The topological polar surface area (TPSA) is 34.2 Å². The third kappa shape index (κ3) is 3.26. The van der Waals surface area contributed by atoms with Crippen molar-refractivity contribution in [3.05, 3.63) is 16.6 Å². The molecule has 15 heavy (non-hydrogen) atoms. The molecule has 84 valence electrons. The van der Waals surface area contributed by atoms with Crippen molar-refractivity contribution in [3.63, 3.8) is 0 Å². The first-order chi connectivity index (χ1) is 7.36. The van der Waals surface area contributed by atoms with E-state index in [0.29, 0.717) is 12.0 Å². The average Bonchev–Trinajstić information content (AvgIpc) is 2.90. The lowest BCUT2D eigenvalue weighted by molar-refractivity contribution is 0.178. The summed E-state index contributed by atoms with van der Waals surface area (Å²) in [5.74, 6) is 0.696. The van der Waals surface area contributed by atoms with Gasteiger partial charge in [0.25, 0.3) is 0 Å². The summed E-state index contributed by atoms with van der Waals surface area (Å²) in [6, 6.07) is 0.562. The van der Waals surface area contributed by atoms with Gasteiger partial charge in [0.05, 0.1) is 11.6 Å². The van der Waals surface area contributed by atoms with Crippen LogP contribution in [-0.4, -0.2) is 30.8 Å². The molecule has 1 aromatic rings. The molecule has 0 saturated carbocycles. The van der Waals surface area contributed by atoms with Crippen molar-refractivity contribution in [2.24, 2.45) is 5.92 Å². The highest BCUT2D eigenvalue weighted by Gasteiger charge is 2.21. The minimum Gasteiger partial charge on any atom is -0.381 e. The van der Waals surface area contributed by atoms with Gasteiger partial charge in [0.2, 0.25) is 0 Å². The predicted molar refractivity (Wildman–Crippen MR) is 62.2 cm³/mol. The van der Waals surface area contributed by atoms with Gasteiger partial charge >= 0.3 is 0 Å². The quantitative estimate of drug-likeness (QED) is 0.830. The molecule has 2 unspecified atom stereocenters. The fraction of sp³-hybridized carbons (Fsp3) is 0.727. The van der Waals surface area contributed by atoms with E-state index in [0.717, 1.165) is 26.2 Å². The van der Waals surface area contributed by atoms with Crippen molar-refractivity contribution in [2.75, 3.05) is 19.8 Å². The molecule has 0 aliphatic carbocycles. The molecular formula is C11H18N2OS. The third-order valence-corrected chi connectivity index (χ3v) is 3.80. The van der Waals surface area contributed by atoms with E-state index in [1.165, 1.54) is 11.4 Å². The fourth-order valence-electron chi connectivity index (χ4n) is 1.90. The second-order valence-corrected chi connectivity index (χ2v) is 5.02. The van der Waals surface area contributed by atoms with Crippen LogP contribution in [0.2, 0.25) is 0 Å². The van der Waals surface area contributed by atoms with Gasteiger partial charge in [-0.3, -0.25) is 0 Å². The Kier molecular flexibility index (Phi) is 4.11. The first-order valence-electron chi connectivity index (χ1n) is 5.56. The van der Waals surface area contributed by atoms with Crippen LogP contribution in [0.3, 0.4) is 0 Å². The van der Waals surface area contributed by atoms with Crippen molar-refractivity contribution >= 4 is 11.3 Å². The summed E-state index contributed by atoms with van der Waals surface area (Å²) in [5.41, 5.74) is 0. The molecule has 0 radical (unpaired) electrons. The Bertz CT molecular complexity index is 270. The summed E-state index contributed by atoms with van der Waals surface area (Å²) < 4.78 is 5.38. The largest absolute Gasteiger partial charge is 0.381 e. The fourth-order valence-corrected chi connectivity index (χ4v) is 2.52. The van der Waals surface area contributed by atoms with Gasteiger partial charge in [0, 0.05) is 37.2 Å². The Morgan fingerprint density at radius 3 is 3.33 bits per heavy atom. The number of nitrogens with zero attached hydrogens (tertiary/aromatic N) is 1. The number of nitrogens with one attached hydrogen (secondary N) is 1. The van der Waals surface area contributed by atoms with E-state index < -0.39 is 0 Å². The summed E-state index contributed by atoms with van der Waals surface area (Å²) in [6.07, 6.45) is 4.11. The van der Waals surface area contributed by atoms with Crippen LogP contribution in [0.15, 0.2) is 11.6 Å². The first kappa shape index (κ1) is 11.0. The highest BCUT2D eigenvalue weighted by molar-refractivity contribution is 7.09. The van der Waals surface area contributed by atoms with Crippen molar-refractivity contribution < 1.29 is 4.74 Å². The number of ether oxygens (including phenoxy) is 1. The van der Waals surface area contributed by atoms with Gasteiger partial charge in [-0.05, 0) is 19.3 Å². The van der Waals surface area contributed by atoms with Gasteiger partial charge in [0.15, 0.2) is 0 Å². The van der Waals surface area contributed by atoms with Crippen LogP contribution in [-0.2, 0) is 11.2 Å². The zero-order valence-corrected chi connectivity index (χ0v) is 9.93. The van der Waals surface area contributed by atoms with Crippen molar-refractivity contribution in [1.29, 1.82) is 0 Å². The summed E-state index contributed by atoms with van der Waals surface area (Å²) in [5, 5.41) is 6.80. The lowest BCUT2D eigenvalue weighted by Crippen LogP contribution is -2.35. The summed E-state index contributed by atoms with van der Waals surface area (Å²) in [6.45, 7) is 5.13. The second-order valence-electron chi connectivity index (χ2n) is 4.04. The highest BCUT2D eigenvalue weighted by atomic mass is 32.1. The Morgan fingerprint density at radius 1 is 1.73 bits per heavy atom. The zero-order valence-electron chi connectivity index (χ0n) is 9.11. The molecule has 2 atom stereocenters. The molecule has 4 heteroatoms. The Balaban J connectivity index is 1.64. The number of hydrogen-bond acceptors (Lipinski definition) is 4. The Hall–Kier alpha value is -0.450. The number of thiazole rings is 1. The maximum Gasteiger partial charge on any atom is 0.0937 e. The van der Waals surface area contributed by atoms with E-state index in [4.69, 9.17) is 4.74 Å². The molecule has 0 bridgehead atoms. The molecule has 2 heterocycles. The van der Waals surface area contributed by atoms with Gasteiger partial charge in [-0.2, -0.15) is 0 Å². The zero-order chi connectivity index (χ0) is 10.5. The Labute approximate surface area is 94.9 Å². The third-order valence-electron chi connectivity index (χ3n) is 2.96. The first-order valence-corrected chi connectivity index (χ1v) is 6.43. The van der Waals surface area contributed by atoms with Crippen molar-refractivity contribution in [1.82, 2.24) is 10.3 Å². The average molecular weight is 226 g/mol. The van der Waals surface area contributed by atoms with Crippen LogP contribution in [0, 0.1) is 5.92 Å². The van der Waals surface area contributed by atoms with Gasteiger partial charge in [-0.15, -0.1) is 11.3 Å². The molecule has 1 saturated heterocycles. The maximum atomic E-state index is 5.38. The van der Waals surface area contributed by atoms with Gasteiger partial charge < -0.3 is 10.1 Å². The molecule has 2 rings (SSSR count). The van der Waals surface area contributed by atoms with Crippen molar-refractivity contribution in [3.8, 4) is 0 Å². The minimum atomic E-state index is 0.562. The molecule has 1 aliphatic rings. The molecule has 1 aliphatic heterocycles. The van der Waals surface area contributed by atoms with E-state index in [2.05, 4.69) is 17.2 Å². The lowest BCUT2D eigenvalue weighted by Gasteiger charge is -2.18. The monoisotopic (exact) mass is 226 g/mol. The SMILES string of the molecule is CC(NCCc1nccs1)C1CCOC1. The highest BCUT2D eigenvalue weighted by Crippen LogP contribution is 2.16. The molecule has 3 nitrogen and oxygen atoms in total. The van der Waals surface area contributed by atoms with Gasteiger partial charge in [-0.1, -0.05) is 0 Å².